The van der Waals surface area contributed by atoms with Crippen molar-refractivity contribution in [3.8, 4) is 0 Å². The molecule has 3 nitrogen and oxygen atoms in total. The van der Waals surface area contributed by atoms with E-state index in [-0.39, 0.29) is 17.7 Å². The summed E-state index contributed by atoms with van der Waals surface area (Å²) in [4.78, 5) is 13.7. The Labute approximate surface area is 98.8 Å². The highest BCUT2D eigenvalue weighted by molar-refractivity contribution is 5.81. The monoisotopic (exact) mass is 227 g/mol. The van der Waals surface area contributed by atoms with Gasteiger partial charge in [0.1, 0.15) is 5.78 Å². The first-order valence-electron chi connectivity index (χ1n) is 6.31. The smallest absolute Gasteiger partial charge is 0.146 e. The van der Waals surface area contributed by atoms with Gasteiger partial charge in [0, 0.05) is 6.54 Å². The van der Waals surface area contributed by atoms with Gasteiger partial charge in [-0.3, -0.25) is 9.69 Å². The summed E-state index contributed by atoms with van der Waals surface area (Å²) in [7, 11) is 0. The van der Waals surface area contributed by atoms with Crippen LogP contribution < -0.4 is 0 Å². The molecule has 1 fully saturated rings. The van der Waals surface area contributed by atoms with Gasteiger partial charge in [-0.05, 0) is 39.2 Å². The molecule has 2 atom stereocenters. The lowest BCUT2D eigenvalue weighted by Gasteiger charge is -2.40. The van der Waals surface area contributed by atoms with Crippen LogP contribution in [0.1, 0.15) is 47.0 Å². The zero-order valence-electron chi connectivity index (χ0n) is 11.0. The van der Waals surface area contributed by atoms with Gasteiger partial charge in [0.25, 0.3) is 0 Å². The second-order valence-corrected chi connectivity index (χ2v) is 5.60. The van der Waals surface area contributed by atoms with Crippen LogP contribution in [0.15, 0.2) is 0 Å². The lowest BCUT2D eigenvalue weighted by Crippen LogP contribution is -2.52. The van der Waals surface area contributed by atoms with Crippen molar-refractivity contribution in [2.24, 2.45) is 5.92 Å². The third-order valence-electron chi connectivity index (χ3n) is 3.85. The summed E-state index contributed by atoms with van der Waals surface area (Å²) in [5, 5.41) is 10.3. The molecule has 94 valence electrons. The van der Waals surface area contributed by atoms with Crippen LogP contribution in [0.2, 0.25) is 0 Å². The Morgan fingerprint density at radius 3 is 2.62 bits per heavy atom. The molecule has 0 bridgehead atoms. The lowest BCUT2D eigenvalue weighted by atomic mass is 9.89. The zero-order chi connectivity index (χ0) is 12.3. The van der Waals surface area contributed by atoms with Gasteiger partial charge in [-0.25, -0.2) is 0 Å². The van der Waals surface area contributed by atoms with E-state index in [9.17, 15) is 9.90 Å². The van der Waals surface area contributed by atoms with Gasteiger partial charge >= 0.3 is 0 Å². The average Bonchev–Trinajstić information content (AvgIpc) is 2.17. The summed E-state index contributed by atoms with van der Waals surface area (Å²) < 4.78 is 0. The van der Waals surface area contributed by atoms with E-state index in [1.807, 2.05) is 20.8 Å². The van der Waals surface area contributed by atoms with Gasteiger partial charge in [-0.2, -0.15) is 0 Å². The highest BCUT2D eigenvalue weighted by atomic mass is 16.3. The largest absolute Gasteiger partial charge is 0.389 e. The number of β-amino-alcohol motifs (C(OH)–C–C–N with tert-alkyl or cyclic N) is 1. The minimum Gasteiger partial charge on any atom is -0.389 e. The molecule has 0 aliphatic carbocycles. The van der Waals surface area contributed by atoms with Gasteiger partial charge < -0.3 is 5.11 Å². The standard InChI is InChI=1S/C13H25NO2/c1-10(2)13(4,16)9-14-8-6-5-7-12(14)11(3)15/h10,12,16H,5-9H2,1-4H3. The maximum atomic E-state index is 11.5. The molecule has 3 heteroatoms. The van der Waals surface area contributed by atoms with E-state index < -0.39 is 5.60 Å². The van der Waals surface area contributed by atoms with E-state index in [1.165, 1.54) is 0 Å². The SMILES string of the molecule is CC(=O)C1CCCCN1CC(C)(O)C(C)C. The van der Waals surface area contributed by atoms with Gasteiger partial charge in [0.05, 0.1) is 11.6 Å². The van der Waals surface area contributed by atoms with Crippen LogP contribution in [-0.4, -0.2) is 40.5 Å². The highest BCUT2D eigenvalue weighted by Gasteiger charge is 2.33. The van der Waals surface area contributed by atoms with Crippen molar-refractivity contribution in [2.45, 2.75) is 58.6 Å². The fourth-order valence-corrected chi connectivity index (χ4v) is 2.23. The molecule has 1 N–H and O–H groups in total. The molecule has 0 aromatic heterocycles. The van der Waals surface area contributed by atoms with Gasteiger partial charge in [0.2, 0.25) is 0 Å². The molecule has 0 aromatic rings. The minimum absolute atomic E-state index is 0.0268. The van der Waals surface area contributed by atoms with Crippen molar-refractivity contribution in [1.82, 2.24) is 4.90 Å². The van der Waals surface area contributed by atoms with Gasteiger partial charge in [-0.15, -0.1) is 0 Å². The molecule has 1 saturated heterocycles. The van der Waals surface area contributed by atoms with E-state index in [0.717, 1.165) is 25.8 Å². The second kappa shape index (κ2) is 5.28. The summed E-state index contributed by atoms with van der Waals surface area (Å²) in [6, 6.07) is 0.0268. The maximum absolute atomic E-state index is 11.5. The number of aliphatic hydroxyl groups is 1. The Bertz CT molecular complexity index is 248. The molecular weight excluding hydrogens is 202 g/mol. The van der Waals surface area contributed by atoms with Crippen LogP contribution in [0.5, 0.6) is 0 Å². The predicted octanol–water partition coefficient (Wildman–Crippen LogP) is 1.84. The summed E-state index contributed by atoms with van der Waals surface area (Å²) in [6.07, 6.45) is 3.21. The molecule has 0 spiro atoms. The Balaban J connectivity index is 2.66. The normalized spacial score (nSPS) is 26.8. The molecule has 0 saturated carbocycles. The summed E-state index contributed by atoms with van der Waals surface area (Å²) in [5.41, 5.74) is -0.703. The number of ketones is 1. The number of carbonyl (C=O) groups excluding carboxylic acids is 1. The van der Waals surface area contributed by atoms with Crippen molar-refractivity contribution in [3.63, 3.8) is 0 Å². The van der Waals surface area contributed by atoms with Crippen LogP contribution in [0.4, 0.5) is 0 Å². The fourth-order valence-electron chi connectivity index (χ4n) is 2.23. The molecule has 1 aliphatic heterocycles. The molecule has 16 heavy (non-hydrogen) atoms. The molecule has 2 unspecified atom stereocenters. The first-order valence-corrected chi connectivity index (χ1v) is 6.31. The molecule has 1 rings (SSSR count). The summed E-state index contributed by atoms with van der Waals surface area (Å²) >= 11 is 0. The Hall–Kier alpha value is -0.410. The van der Waals surface area contributed by atoms with Crippen LogP contribution in [-0.2, 0) is 4.79 Å². The average molecular weight is 227 g/mol. The number of carbonyl (C=O) groups is 1. The maximum Gasteiger partial charge on any atom is 0.146 e. The van der Waals surface area contributed by atoms with E-state index in [1.54, 1.807) is 6.92 Å². The molecule has 0 aromatic carbocycles. The number of nitrogens with zero attached hydrogens (tertiary/aromatic N) is 1. The Morgan fingerprint density at radius 1 is 1.50 bits per heavy atom. The minimum atomic E-state index is -0.703. The number of piperidine rings is 1. The van der Waals surface area contributed by atoms with Crippen molar-refractivity contribution in [1.29, 1.82) is 0 Å². The summed E-state index contributed by atoms with van der Waals surface area (Å²) in [5.74, 6) is 0.446. The van der Waals surface area contributed by atoms with Crippen molar-refractivity contribution >= 4 is 5.78 Å². The third-order valence-corrected chi connectivity index (χ3v) is 3.85. The van der Waals surface area contributed by atoms with E-state index in [0.29, 0.717) is 6.54 Å². The number of hydrogen-bond donors (Lipinski definition) is 1. The Morgan fingerprint density at radius 2 is 2.12 bits per heavy atom. The number of likely N-dealkylation sites (tertiary alicyclic amines) is 1. The highest BCUT2D eigenvalue weighted by Crippen LogP contribution is 2.24. The van der Waals surface area contributed by atoms with E-state index >= 15 is 0 Å². The molecule has 1 aliphatic rings. The van der Waals surface area contributed by atoms with Crippen molar-refractivity contribution < 1.29 is 9.90 Å². The van der Waals surface area contributed by atoms with Crippen LogP contribution >= 0.6 is 0 Å². The number of Topliss-reactive ketones (excluding diaryl/α,β-unsaturated/α-hetero) is 1. The number of hydrogen-bond acceptors (Lipinski definition) is 3. The molecular formula is C13H25NO2. The first kappa shape index (κ1) is 13.7. The van der Waals surface area contributed by atoms with Crippen LogP contribution in [0.3, 0.4) is 0 Å². The zero-order valence-corrected chi connectivity index (χ0v) is 11.0. The van der Waals surface area contributed by atoms with Gasteiger partial charge in [-0.1, -0.05) is 20.3 Å². The lowest BCUT2D eigenvalue weighted by molar-refractivity contribution is -0.125. The Kier molecular flexibility index (Phi) is 4.51. The van der Waals surface area contributed by atoms with Gasteiger partial charge in [0.15, 0.2) is 0 Å². The molecule has 0 amide bonds. The fraction of sp³-hybridized carbons (Fsp3) is 0.923. The third kappa shape index (κ3) is 3.29. The topological polar surface area (TPSA) is 40.5 Å². The van der Waals surface area contributed by atoms with E-state index in [2.05, 4.69) is 4.90 Å². The van der Waals surface area contributed by atoms with E-state index in [4.69, 9.17) is 0 Å². The van der Waals surface area contributed by atoms with Crippen LogP contribution in [0.25, 0.3) is 0 Å². The molecule has 0 radical (unpaired) electrons. The van der Waals surface area contributed by atoms with Crippen molar-refractivity contribution in [2.75, 3.05) is 13.1 Å². The molecule has 1 heterocycles. The van der Waals surface area contributed by atoms with Crippen LogP contribution in [0, 0.1) is 5.92 Å². The van der Waals surface area contributed by atoms with Crippen molar-refractivity contribution in [3.05, 3.63) is 0 Å². The second-order valence-electron chi connectivity index (χ2n) is 5.60. The predicted molar refractivity (Wildman–Crippen MR) is 65.4 cm³/mol. The number of rotatable bonds is 4. The first-order chi connectivity index (χ1) is 7.34. The quantitative estimate of drug-likeness (QED) is 0.796. The summed E-state index contributed by atoms with van der Waals surface area (Å²) in [6.45, 7) is 9.11.